The maximum absolute atomic E-state index is 10.4. The van der Waals surface area contributed by atoms with Gasteiger partial charge in [-0.2, -0.15) is 0 Å². The summed E-state index contributed by atoms with van der Waals surface area (Å²) in [5.74, 6) is 0.804. The van der Waals surface area contributed by atoms with Crippen LogP contribution in [0.1, 0.15) is 18.9 Å². The first-order valence-corrected chi connectivity index (χ1v) is 9.22. The van der Waals surface area contributed by atoms with Crippen molar-refractivity contribution < 1.29 is 9.90 Å². The van der Waals surface area contributed by atoms with Gasteiger partial charge in [0.05, 0.1) is 0 Å². The van der Waals surface area contributed by atoms with Gasteiger partial charge in [0.1, 0.15) is 0 Å². The lowest BCUT2D eigenvalue weighted by molar-refractivity contribution is 0.0967. The van der Waals surface area contributed by atoms with E-state index < -0.39 is 6.09 Å². The monoisotopic (exact) mass is 429 g/mol. The summed E-state index contributed by atoms with van der Waals surface area (Å²) in [5.41, 5.74) is 1.30. The van der Waals surface area contributed by atoms with Crippen molar-refractivity contribution in [1.82, 2.24) is 14.5 Å². The molecule has 1 aliphatic rings. The molecule has 0 saturated carbocycles. The van der Waals surface area contributed by atoms with Gasteiger partial charge in [-0.25, -0.2) is 4.79 Å². The molecule has 0 spiro atoms. The first-order chi connectivity index (χ1) is 11.0. The van der Waals surface area contributed by atoms with E-state index in [9.17, 15) is 4.79 Å². The average Bonchev–Trinajstić information content (AvgIpc) is 2.54. The molecule has 9 heteroatoms. The summed E-state index contributed by atoms with van der Waals surface area (Å²) in [4.78, 5) is 15.3. The number of rotatable bonds is 7. The van der Waals surface area contributed by atoms with Crippen molar-refractivity contribution in [2.24, 2.45) is 0 Å². The number of amides is 1. The van der Waals surface area contributed by atoms with Crippen LogP contribution in [0.3, 0.4) is 0 Å². The van der Waals surface area contributed by atoms with E-state index in [-0.39, 0.29) is 24.8 Å². The summed E-state index contributed by atoms with van der Waals surface area (Å²) in [6, 6.07) is 8.54. The van der Waals surface area contributed by atoms with Gasteiger partial charge >= 0.3 is 6.09 Å². The van der Waals surface area contributed by atoms with Gasteiger partial charge in [0.15, 0.2) is 0 Å². The van der Waals surface area contributed by atoms with Gasteiger partial charge in [-0.3, -0.25) is 14.5 Å². The molecule has 5 nitrogen and oxygen atoms in total. The standard InChI is InChI=1S/C16H24ClN3O2S.2ClH/c1-13(6-11-23-18-16(21)22)20-9-7-19(8-10-20)12-14-2-4-15(17)5-3-14;;/h2-5,13,18H,6-12H2,1H3,(H,21,22);2*1H. The van der Waals surface area contributed by atoms with Crippen molar-refractivity contribution in [3.05, 3.63) is 34.9 Å². The van der Waals surface area contributed by atoms with Crippen LogP contribution in [0, 0.1) is 0 Å². The third-order valence-corrected chi connectivity index (χ3v) is 5.16. The molecule has 1 unspecified atom stereocenters. The number of carboxylic acid groups (broad SMARTS) is 1. The van der Waals surface area contributed by atoms with Crippen molar-refractivity contribution in [3.8, 4) is 0 Å². The smallest absolute Gasteiger partial charge is 0.414 e. The van der Waals surface area contributed by atoms with Crippen LogP contribution in [0.25, 0.3) is 0 Å². The lowest BCUT2D eigenvalue weighted by Gasteiger charge is -2.38. The van der Waals surface area contributed by atoms with Crippen molar-refractivity contribution in [2.45, 2.75) is 25.9 Å². The largest absolute Gasteiger partial charge is 0.464 e. The second-order valence-electron chi connectivity index (χ2n) is 5.83. The number of hydrogen-bond acceptors (Lipinski definition) is 4. The van der Waals surface area contributed by atoms with Crippen molar-refractivity contribution in [1.29, 1.82) is 0 Å². The van der Waals surface area contributed by atoms with Gasteiger partial charge in [-0.05, 0) is 43.0 Å². The summed E-state index contributed by atoms with van der Waals surface area (Å²) in [5, 5.41) is 9.32. The Bertz CT molecular complexity index is 500. The van der Waals surface area contributed by atoms with E-state index in [0.29, 0.717) is 6.04 Å². The lowest BCUT2D eigenvalue weighted by Crippen LogP contribution is -2.49. The molecular weight excluding hydrogens is 405 g/mol. The van der Waals surface area contributed by atoms with Gasteiger partial charge in [0.25, 0.3) is 0 Å². The van der Waals surface area contributed by atoms with Crippen LogP contribution in [0.4, 0.5) is 4.79 Å². The Kier molecular flexibility index (Phi) is 12.7. The second kappa shape index (κ2) is 12.9. The Morgan fingerprint density at radius 2 is 1.84 bits per heavy atom. The molecule has 2 N–H and O–H groups in total. The quantitative estimate of drug-likeness (QED) is 0.506. The molecule has 2 rings (SSSR count). The SMILES string of the molecule is CC(CCSNC(=O)O)N1CCN(Cc2ccc(Cl)cc2)CC1.Cl.Cl. The predicted octanol–water partition coefficient (Wildman–Crippen LogP) is 4.00. The molecule has 0 radical (unpaired) electrons. The lowest BCUT2D eigenvalue weighted by atomic mass is 10.1. The highest BCUT2D eigenvalue weighted by Gasteiger charge is 2.20. The van der Waals surface area contributed by atoms with E-state index in [1.165, 1.54) is 17.5 Å². The van der Waals surface area contributed by atoms with E-state index in [1.54, 1.807) is 0 Å². The average molecular weight is 431 g/mol. The molecule has 25 heavy (non-hydrogen) atoms. The first-order valence-electron chi connectivity index (χ1n) is 7.86. The van der Waals surface area contributed by atoms with E-state index in [0.717, 1.165) is 49.9 Å². The highest BCUT2D eigenvalue weighted by molar-refractivity contribution is 7.97. The van der Waals surface area contributed by atoms with Crippen LogP contribution >= 0.6 is 48.4 Å². The molecule has 0 aromatic heterocycles. The third-order valence-electron chi connectivity index (χ3n) is 4.15. The van der Waals surface area contributed by atoms with Gasteiger partial charge in [0.2, 0.25) is 0 Å². The molecule has 0 bridgehead atoms. The number of hydrogen-bond donors (Lipinski definition) is 2. The minimum Gasteiger partial charge on any atom is -0.464 e. The van der Waals surface area contributed by atoms with E-state index >= 15 is 0 Å². The van der Waals surface area contributed by atoms with Crippen LogP contribution in [0.5, 0.6) is 0 Å². The Morgan fingerprint density at radius 3 is 2.40 bits per heavy atom. The first kappa shape index (κ1) is 24.6. The molecule has 1 amide bonds. The highest BCUT2D eigenvalue weighted by Crippen LogP contribution is 2.15. The number of nitrogens with one attached hydrogen (secondary N) is 1. The highest BCUT2D eigenvalue weighted by atomic mass is 35.5. The number of halogens is 3. The van der Waals surface area contributed by atoms with Crippen LogP contribution in [-0.2, 0) is 6.54 Å². The summed E-state index contributed by atoms with van der Waals surface area (Å²) in [6.45, 7) is 7.44. The molecule has 1 aromatic carbocycles. The van der Waals surface area contributed by atoms with Crippen LogP contribution < -0.4 is 4.72 Å². The topological polar surface area (TPSA) is 55.8 Å². The summed E-state index contributed by atoms with van der Waals surface area (Å²) in [6.07, 6.45) is 0.0146. The molecule has 1 saturated heterocycles. The normalized spacial score (nSPS) is 16.4. The Labute approximate surface area is 171 Å². The van der Waals surface area contributed by atoms with Gasteiger partial charge in [-0.1, -0.05) is 23.7 Å². The zero-order valence-electron chi connectivity index (χ0n) is 14.2. The Hall–Kier alpha value is -0.370. The van der Waals surface area contributed by atoms with Crippen LogP contribution in [0.15, 0.2) is 24.3 Å². The molecule has 144 valence electrons. The van der Waals surface area contributed by atoms with Crippen molar-refractivity contribution in [2.75, 3.05) is 31.9 Å². The van der Waals surface area contributed by atoms with Gasteiger partial charge in [0, 0.05) is 49.5 Å². The molecule has 1 aromatic rings. The fraction of sp³-hybridized carbons (Fsp3) is 0.562. The zero-order chi connectivity index (χ0) is 16.7. The van der Waals surface area contributed by atoms with E-state index in [1.807, 2.05) is 12.1 Å². The number of piperazine rings is 1. The minimum atomic E-state index is -0.974. The number of benzene rings is 1. The molecule has 0 aliphatic carbocycles. The second-order valence-corrected chi connectivity index (χ2v) is 7.17. The summed E-state index contributed by atoms with van der Waals surface area (Å²) >= 11 is 7.18. The van der Waals surface area contributed by atoms with Crippen molar-refractivity contribution >= 4 is 54.5 Å². The van der Waals surface area contributed by atoms with Crippen LogP contribution in [-0.4, -0.2) is 59.0 Å². The summed E-state index contributed by atoms with van der Waals surface area (Å²) < 4.78 is 2.34. The Morgan fingerprint density at radius 1 is 1.24 bits per heavy atom. The number of carbonyl (C=O) groups is 1. The van der Waals surface area contributed by atoms with Crippen molar-refractivity contribution in [3.63, 3.8) is 0 Å². The van der Waals surface area contributed by atoms with E-state index in [2.05, 4.69) is 33.6 Å². The van der Waals surface area contributed by atoms with Crippen LogP contribution in [0.2, 0.25) is 5.02 Å². The maximum atomic E-state index is 10.4. The molecule has 1 atom stereocenters. The minimum absolute atomic E-state index is 0. The maximum Gasteiger partial charge on any atom is 0.414 e. The van der Waals surface area contributed by atoms with Gasteiger partial charge in [-0.15, -0.1) is 24.8 Å². The zero-order valence-corrected chi connectivity index (χ0v) is 17.4. The molecular formula is C16H26Cl3N3O2S. The fourth-order valence-electron chi connectivity index (χ4n) is 2.74. The Balaban J connectivity index is 0.00000288. The summed E-state index contributed by atoms with van der Waals surface area (Å²) in [7, 11) is 0. The molecule has 1 aliphatic heterocycles. The third kappa shape index (κ3) is 9.22. The fourth-order valence-corrected chi connectivity index (χ4v) is 3.55. The number of nitrogens with zero attached hydrogens (tertiary/aromatic N) is 2. The molecule has 1 heterocycles. The predicted molar refractivity (Wildman–Crippen MR) is 110 cm³/mol. The van der Waals surface area contributed by atoms with E-state index in [4.69, 9.17) is 16.7 Å². The molecule has 1 fully saturated rings. The van der Waals surface area contributed by atoms with Gasteiger partial charge < -0.3 is 5.11 Å².